The quantitative estimate of drug-likeness (QED) is 0.897. The van der Waals surface area contributed by atoms with Crippen molar-refractivity contribution in [2.45, 2.75) is 0 Å². The van der Waals surface area contributed by atoms with Crippen LogP contribution in [-0.2, 0) is 0 Å². The number of anilines is 1. The van der Waals surface area contributed by atoms with E-state index in [0.717, 1.165) is 41.9 Å². The average molecular weight is 264 g/mol. The van der Waals surface area contributed by atoms with Crippen molar-refractivity contribution in [3.8, 4) is 10.6 Å². The summed E-state index contributed by atoms with van der Waals surface area (Å²) < 4.78 is 12.9. The zero-order valence-corrected chi connectivity index (χ0v) is 10.6. The van der Waals surface area contributed by atoms with Crippen LogP contribution < -0.4 is 10.2 Å². The fraction of sp³-hybridized carbons (Fsp3) is 0.333. The van der Waals surface area contributed by atoms with E-state index in [1.807, 2.05) is 0 Å². The van der Waals surface area contributed by atoms with Gasteiger partial charge in [0, 0.05) is 31.7 Å². The molecule has 6 heteroatoms. The zero-order chi connectivity index (χ0) is 12.4. The molecule has 2 aromatic rings. The third kappa shape index (κ3) is 2.34. The van der Waals surface area contributed by atoms with Crippen molar-refractivity contribution in [3.63, 3.8) is 0 Å². The van der Waals surface area contributed by atoms with E-state index >= 15 is 0 Å². The molecule has 0 spiro atoms. The fourth-order valence-corrected chi connectivity index (χ4v) is 2.81. The lowest BCUT2D eigenvalue weighted by Crippen LogP contribution is -2.43. The predicted molar refractivity (Wildman–Crippen MR) is 70.4 cm³/mol. The van der Waals surface area contributed by atoms with Gasteiger partial charge in [-0.05, 0) is 24.3 Å². The number of hydrogen-bond acceptors (Lipinski definition) is 5. The molecule has 0 radical (unpaired) electrons. The molecular weight excluding hydrogens is 251 g/mol. The zero-order valence-electron chi connectivity index (χ0n) is 9.77. The van der Waals surface area contributed by atoms with Gasteiger partial charge in [0.25, 0.3) is 0 Å². The van der Waals surface area contributed by atoms with Crippen LogP contribution in [0.4, 0.5) is 9.52 Å². The highest BCUT2D eigenvalue weighted by atomic mass is 32.1. The molecule has 0 saturated carbocycles. The SMILES string of the molecule is Fc1ccc(-c2nnc(N3CCNCC3)s2)cc1. The molecule has 0 bridgehead atoms. The van der Waals surface area contributed by atoms with Gasteiger partial charge >= 0.3 is 0 Å². The minimum atomic E-state index is -0.231. The Kier molecular flexibility index (Phi) is 3.21. The molecule has 1 saturated heterocycles. The third-order valence-corrected chi connectivity index (χ3v) is 3.93. The van der Waals surface area contributed by atoms with Gasteiger partial charge in [0.15, 0.2) is 0 Å². The Hall–Kier alpha value is -1.53. The van der Waals surface area contributed by atoms with Gasteiger partial charge in [-0.15, -0.1) is 10.2 Å². The van der Waals surface area contributed by atoms with E-state index in [-0.39, 0.29) is 5.82 Å². The van der Waals surface area contributed by atoms with Crippen LogP contribution in [0.25, 0.3) is 10.6 Å². The van der Waals surface area contributed by atoms with Gasteiger partial charge < -0.3 is 10.2 Å². The summed E-state index contributed by atoms with van der Waals surface area (Å²) in [5.74, 6) is -0.231. The first kappa shape index (κ1) is 11.6. The summed E-state index contributed by atoms with van der Waals surface area (Å²) in [4.78, 5) is 2.22. The molecule has 0 aliphatic carbocycles. The lowest BCUT2D eigenvalue weighted by molar-refractivity contribution is 0.587. The lowest BCUT2D eigenvalue weighted by Gasteiger charge is -2.26. The van der Waals surface area contributed by atoms with Crippen LogP contribution in [0.2, 0.25) is 0 Å². The van der Waals surface area contributed by atoms with Crippen molar-refractivity contribution < 1.29 is 4.39 Å². The van der Waals surface area contributed by atoms with Gasteiger partial charge in [-0.2, -0.15) is 0 Å². The summed E-state index contributed by atoms with van der Waals surface area (Å²) in [5.41, 5.74) is 0.912. The molecule has 1 N–H and O–H groups in total. The predicted octanol–water partition coefficient (Wildman–Crippen LogP) is 1.75. The van der Waals surface area contributed by atoms with Crippen molar-refractivity contribution in [1.82, 2.24) is 15.5 Å². The molecule has 1 aliphatic heterocycles. The molecule has 2 heterocycles. The molecule has 3 rings (SSSR count). The second kappa shape index (κ2) is 4.99. The van der Waals surface area contributed by atoms with Crippen molar-refractivity contribution in [1.29, 1.82) is 0 Å². The standard InChI is InChI=1S/C12H13FN4S/c13-10-3-1-9(2-4-10)11-15-16-12(18-11)17-7-5-14-6-8-17/h1-4,14H,5-8H2. The fourth-order valence-electron chi connectivity index (χ4n) is 1.91. The monoisotopic (exact) mass is 264 g/mol. The van der Waals surface area contributed by atoms with Gasteiger partial charge in [0.05, 0.1) is 0 Å². The van der Waals surface area contributed by atoms with E-state index in [1.165, 1.54) is 12.1 Å². The summed E-state index contributed by atoms with van der Waals surface area (Å²) in [7, 11) is 0. The minimum Gasteiger partial charge on any atom is -0.344 e. The second-order valence-electron chi connectivity index (χ2n) is 4.13. The average Bonchev–Trinajstić information content (AvgIpc) is 2.90. The van der Waals surface area contributed by atoms with Crippen LogP contribution >= 0.6 is 11.3 Å². The molecule has 1 aromatic carbocycles. The van der Waals surface area contributed by atoms with Crippen molar-refractivity contribution in [3.05, 3.63) is 30.1 Å². The van der Waals surface area contributed by atoms with Crippen molar-refractivity contribution >= 4 is 16.5 Å². The Morgan fingerprint density at radius 1 is 1.11 bits per heavy atom. The summed E-state index contributed by atoms with van der Waals surface area (Å²) in [6.45, 7) is 3.87. The van der Waals surface area contributed by atoms with E-state index < -0.39 is 0 Å². The van der Waals surface area contributed by atoms with Crippen LogP contribution in [0.5, 0.6) is 0 Å². The highest BCUT2D eigenvalue weighted by Gasteiger charge is 2.15. The normalized spacial score (nSPS) is 15.9. The Morgan fingerprint density at radius 2 is 1.83 bits per heavy atom. The second-order valence-corrected chi connectivity index (χ2v) is 5.09. The molecule has 1 aliphatic rings. The van der Waals surface area contributed by atoms with Gasteiger partial charge in [0.1, 0.15) is 10.8 Å². The molecule has 4 nitrogen and oxygen atoms in total. The Morgan fingerprint density at radius 3 is 2.56 bits per heavy atom. The van der Waals surface area contributed by atoms with Gasteiger partial charge in [-0.3, -0.25) is 0 Å². The number of piperazine rings is 1. The maximum absolute atomic E-state index is 12.9. The maximum Gasteiger partial charge on any atom is 0.208 e. The molecular formula is C12H13FN4S. The van der Waals surface area contributed by atoms with Crippen LogP contribution in [0.15, 0.2) is 24.3 Å². The van der Waals surface area contributed by atoms with Gasteiger partial charge in [-0.25, -0.2) is 4.39 Å². The number of halogens is 1. The van der Waals surface area contributed by atoms with Gasteiger partial charge in [0.2, 0.25) is 5.13 Å². The first-order chi connectivity index (χ1) is 8.83. The molecule has 1 aromatic heterocycles. The largest absolute Gasteiger partial charge is 0.344 e. The number of benzene rings is 1. The molecule has 0 atom stereocenters. The van der Waals surface area contributed by atoms with E-state index in [9.17, 15) is 4.39 Å². The maximum atomic E-state index is 12.9. The van der Waals surface area contributed by atoms with Crippen LogP contribution in [0.3, 0.4) is 0 Å². The lowest BCUT2D eigenvalue weighted by atomic mass is 10.2. The Balaban J connectivity index is 1.82. The minimum absolute atomic E-state index is 0.231. The number of aromatic nitrogens is 2. The molecule has 18 heavy (non-hydrogen) atoms. The summed E-state index contributed by atoms with van der Waals surface area (Å²) in [5, 5.41) is 13.5. The molecule has 94 valence electrons. The number of nitrogens with one attached hydrogen (secondary N) is 1. The summed E-state index contributed by atoms with van der Waals surface area (Å²) >= 11 is 1.55. The summed E-state index contributed by atoms with van der Waals surface area (Å²) in [6.07, 6.45) is 0. The molecule has 0 unspecified atom stereocenters. The Labute approximate surface area is 108 Å². The third-order valence-electron chi connectivity index (χ3n) is 2.89. The molecule has 1 fully saturated rings. The number of rotatable bonds is 2. The van der Waals surface area contributed by atoms with E-state index in [4.69, 9.17) is 0 Å². The van der Waals surface area contributed by atoms with E-state index in [0.29, 0.717) is 0 Å². The van der Waals surface area contributed by atoms with E-state index in [2.05, 4.69) is 20.4 Å². The van der Waals surface area contributed by atoms with Crippen LogP contribution in [-0.4, -0.2) is 36.4 Å². The Bertz CT molecular complexity index is 519. The van der Waals surface area contributed by atoms with E-state index in [1.54, 1.807) is 23.5 Å². The molecule has 0 amide bonds. The van der Waals surface area contributed by atoms with Crippen molar-refractivity contribution in [2.24, 2.45) is 0 Å². The number of hydrogen-bond donors (Lipinski definition) is 1. The first-order valence-corrected chi connectivity index (χ1v) is 6.70. The van der Waals surface area contributed by atoms with Crippen LogP contribution in [0, 0.1) is 5.82 Å². The van der Waals surface area contributed by atoms with Gasteiger partial charge in [-0.1, -0.05) is 11.3 Å². The highest BCUT2D eigenvalue weighted by molar-refractivity contribution is 7.18. The number of nitrogens with zero attached hydrogens (tertiary/aromatic N) is 3. The highest BCUT2D eigenvalue weighted by Crippen LogP contribution is 2.28. The smallest absolute Gasteiger partial charge is 0.208 e. The van der Waals surface area contributed by atoms with Crippen molar-refractivity contribution in [2.75, 3.05) is 31.1 Å². The van der Waals surface area contributed by atoms with Crippen LogP contribution in [0.1, 0.15) is 0 Å². The summed E-state index contributed by atoms with van der Waals surface area (Å²) in [6, 6.07) is 6.36. The first-order valence-electron chi connectivity index (χ1n) is 5.88. The topological polar surface area (TPSA) is 41.1 Å².